The molecule has 4 heterocycles. The third-order valence-electron chi connectivity index (χ3n) is 4.89. The van der Waals surface area contributed by atoms with E-state index in [-0.39, 0.29) is 5.91 Å². The van der Waals surface area contributed by atoms with Gasteiger partial charge < -0.3 is 9.80 Å². The van der Waals surface area contributed by atoms with Gasteiger partial charge in [0.25, 0.3) is 5.91 Å². The quantitative estimate of drug-likeness (QED) is 0.470. The van der Waals surface area contributed by atoms with E-state index in [1.54, 1.807) is 23.6 Å². The number of fused-ring (bicyclic) bond motifs is 2. The maximum atomic E-state index is 12.9. The summed E-state index contributed by atoms with van der Waals surface area (Å²) < 4.78 is 0. The van der Waals surface area contributed by atoms with Crippen LogP contribution in [0.1, 0.15) is 10.4 Å². The summed E-state index contributed by atoms with van der Waals surface area (Å²) in [6, 6.07) is 13.1. The van der Waals surface area contributed by atoms with Crippen LogP contribution < -0.4 is 4.90 Å². The van der Waals surface area contributed by atoms with Gasteiger partial charge >= 0.3 is 0 Å². The number of benzene rings is 1. The Balaban J connectivity index is 1.30. The highest BCUT2D eigenvalue weighted by atomic mass is 35.5. The minimum atomic E-state index is 0.0440. The number of piperazine rings is 1. The molecule has 0 radical (unpaired) electrons. The molecule has 5 rings (SSSR count). The fraction of sp³-hybridized carbons (Fsp3) is 0.200. The number of hydrogen-bond donors (Lipinski definition) is 0. The molecule has 3 aromatic heterocycles. The van der Waals surface area contributed by atoms with Gasteiger partial charge in [-0.25, -0.2) is 15.0 Å². The lowest BCUT2D eigenvalue weighted by Gasteiger charge is -2.34. The van der Waals surface area contributed by atoms with Crippen molar-refractivity contribution in [3.63, 3.8) is 0 Å². The Hall–Kier alpha value is -2.77. The average molecular weight is 410 g/mol. The smallest absolute Gasteiger partial charge is 0.253 e. The lowest BCUT2D eigenvalue weighted by molar-refractivity contribution is 0.0747. The van der Waals surface area contributed by atoms with E-state index in [1.165, 1.54) is 0 Å². The van der Waals surface area contributed by atoms with Gasteiger partial charge in [-0.2, -0.15) is 0 Å². The van der Waals surface area contributed by atoms with Gasteiger partial charge in [-0.3, -0.25) is 4.79 Å². The molecule has 8 heteroatoms. The Morgan fingerprint density at radius 2 is 1.86 bits per heavy atom. The largest absolute Gasteiger partial charge is 0.344 e. The molecule has 0 spiro atoms. The number of halogens is 1. The van der Waals surface area contributed by atoms with Crippen LogP contribution in [-0.2, 0) is 0 Å². The summed E-state index contributed by atoms with van der Waals surface area (Å²) in [5.74, 6) is 0.0440. The van der Waals surface area contributed by atoms with E-state index in [0.717, 1.165) is 39.5 Å². The van der Waals surface area contributed by atoms with Crippen LogP contribution in [0.3, 0.4) is 0 Å². The molecule has 1 amide bonds. The van der Waals surface area contributed by atoms with Crippen molar-refractivity contribution >= 4 is 55.2 Å². The van der Waals surface area contributed by atoms with E-state index < -0.39 is 0 Å². The number of nitrogens with zero attached hydrogens (tertiary/aromatic N) is 5. The van der Waals surface area contributed by atoms with E-state index in [0.29, 0.717) is 23.8 Å². The molecule has 0 saturated carbocycles. The lowest BCUT2D eigenvalue weighted by Crippen LogP contribution is -2.48. The van der Waals surface area contributed by atoms with E-state index in [9.17, 15) is 4.79 Å². The van der Waals surface area contributed by atoms with Crippen LogP contribution in [0.2, 0.25) is 5.15 Å². The van der Waals surface area contributed by atoms with E-state index in [4.69, 9.17) is 11.6 Å². The molecule has 0 unspecified atom stereocenters. The molecule has 1 aliphatic rings. The summed E-state index contributed by atoms with van der Waals surface area (Å²) in [4.78, 5) is 31.3. The Kier molecular flexibility index (Phi) is 4.33. The zero-order valence-corrected chi connectivity index (χ0v) is 16.5. The van der Waals surface area contributed by atoms with Crippen molar-refractivity contribution in [2.75, 3.05) is 31.1 Å². The molecule has 1 saturated heterocycles. The predicted octanol–water partition coefficient (Wildman–Crippen LogP) is 3.86. The molecule has 6 nitrogen and oxygen atoms in total. The monoisotopic (exact) mass is 409 g/mol. The summed E-state index contributed by atoms with van der Waals surface area (Å²) in [5.41, 5.74) is 2.39. The summed E-state index contributed by atoms with van der Waals surface area (Å²) in [7, 11) is 0. The van der Waals surface area contributed by atoms with Crippen LogP contribution in [-0.4, -0.2) is 51.9 Å². The second-order valence-electron chi connectivity index (χ2n) is 6.64. The summed E-state index contributed by atoms with van der Waals surface area (Å²) in [5, 5.41) is 2.33. The van der Waals surface area contributed by atoms with Gasteiger partial charge in [0, 0.05) is 43.3 Å². The molecular formula is C20H16ClN5OS. The zero-order valence-electron chi connectivity index (χ0n) is 14.9. The average Bonchev–Trinajstić information content (AvgIpc) is 3.17. The van der Waals surface area contributed by atoms with Crippen molar-refractivity contribution in [3.05, 3.63) is 59.4 Å². The second-order valence-corrected chi connectivity index (χ2v) is 7.99. The molecule has 0 aliphatic carbocycles. The molecule has 140 valence electrons. The van der Waals surface area contributed by atoms with Crippen molar-refractivity contribution in [1.29, 1.82) is 0 Å². The van der Waals surface area contributed by atoms with Crippen molar-refractivity contribution in [2.24, 2.45) is 0 Å². The topological polar surface area (TPSA) is 62.2 Å². The number of thiazole rings is 1. The summed E-state index contributed by atoms with van der Waals surface area (Å²) in [6.45, 7) is 2.85. The summed E-state index contributed by atoms with van der Waals surface area (Å²) in [6.07, 6.45) is 1.79. The first-order valence-corrected chi connectivity index (χ1v) is 10.2. The Morgan fingerprint density at radius 3 is 2.68 bits per heavy atom. The van der Waals surface area contributed by atoms with E-state index in [2.05, 4.69) is 19.9 Å². The van der Waals surface area contributed by atoms with Crippen LogP contribution in [0.5, 0.6) is 0 Å². The number of carbonyl (C=O) groups excluding carboxylic acids is 1. The number of carbonyl (C=O) groups is 1. The van der Waals surface area contributed by atoms with Gasteiger partial charge in [0.05, 0.1) is 5.52 Å². The van der Waals surface area contributed by atoms with Gasteiger partial charge in [-0.15, -0.1) is 0 Å². The van der Waals surface area contributed by atoms with Crippen LogP contribution in [0, 0.1) is 0 Å². The third-order valence-corrected chi connectivity index (χ3v) is 6.15. The number of aromatic nitrogens is 3. The first-order chi connectivity index (χ1) is 13.7. The Bertz CT molecular complexity index is 1150. The van der Waals surface area contributed by atoms with E-state index in [1.807, 2.05) is 41.3 Å². The van der Waals surface area contributed by atoms with Gasteiger partial charge in [-0.1, -0.05) is 22.9 Å². The van der Waals surface area contributed by atoms with Gasteiger partial charge in [-0.05, 0) is 42.5 Å². The SMILES string of the molecule is O=C(c1ccc2nc(Cl)ccc2c1)N1CCN(c2nc3cccnc3s2)CC1. The summed E-state index contributed by atoms with van der Waals surface area (Å²) >= 11 is 7.53. The van der Waals surface area contributed by atoms with Gasteiger partial charge in [0.1, 0.15) is 15.5 Å². The first kappa shape index (κ1) is 17.3. The maximum Gasteiger partial charge on any atom is 0.253 e. The Labute approximate surface area is 170 Å². The minimum Gasteiger partial charge on any atom is -0.344 e. The molecule has 28 heavy (non-hydrogen) atoms. The van der Waals surface area contributed by atoms with Crippen LogP contribution in [0.25, 0.3) is 21.3 Å². The number of rotatable bonds is 2. The van der Waals surface area contributed by atoms with E-state index >= 15 is 0 Å². The highest BCUT2D eigenvalue weighted by Crippen LogP contribution is 2.28. The standard InChI is InChI=1S/C20H16ClN5OS/c21-17-6-4-13-12-14(3-5-15(13)23-17)19(27)25-8-10-26(11-9-25)20-24-16-2-1-7-22-18(16)28-20/h1-7,12H,8-11H2. The molecule has 1 fully saturated rings. The molecule has 4 aromatic rings. The number of amides is 1. The molecule has 0 N–H and O–H groups in total. The Morgan fingerprint density at radius 1 is 1.00 bits per heavy atom. The van der Waals surface area contributed by atoms with Crippen LogP contribution >= 0.6 is 22.9 Å². The van der Waals surface area contributed by atoms with Crippen molar-refractivity contribution < 1.29 is 4.79 Å². The molecule has 1 aliphatic heterocycles. The molecule has 0 bridgehead atoms. The maximum absolute atomic E-state index is 12.9. The van der Waals surface area contributed by atoms with Crippen LogP contribution in [0.4, 0.5) is 5.13 Å². The lowest BCUT2D eigenvalue weighted by atomic mass is 10.1. The predicted molar refractivity (Wildman–Crippen MR) is 112 cm³/mol. The van der Waals surface area contributed by atoms with Crippen molar-refractivity contribution in [3.8, 4) is 0 Å². The first-order valence-electron chi connectivity index (χ1n) is 8.99. The normalized spacial score (nSPS) is 14.8. The molecule has 0 atom stereocenters. The molecule has 1 aromatic carbocycles. The van der Waals surface area contributed by atoms with Crippen molar-refractivity contribution in [2.45, 2.75) is 0 Å². The fourth-order valence-corrected chi connectivity index (χ4v) is 4.53. The van der Waals surface area contributed by atoms with Crippen molar-refractivity contribution in [1.82, 2.24) is 19.9 Å². The third kappa shape index (κ3) is 3.16. The number of anilines is 1. The number of hydrogen-bond acceptors (Lipinski definition) is 6. The number of pyridine rings is 2. The molecular weight excluding hydrogens is 394 g/mol. The highest BCUT2D eigenvalue weighted by molar-refractivity contribution is 7.21. The second kappa shape index (κ2) is 7.00. The van der Waals surface area contributed by atoms with Gasteiger partial charge in [0.15, 0.2) is 5.13 Å². The van der Waals surface area contributed by atoms with Crippen LogP contribution in [0.15, 0.2) is 48.7 Å². The highest BCUT2D eigenvalue weighted by Gasteiger charge is 2.24. The zero-order chi connectivity index (χ0) is 19.1. The minimum absolute atomic E-state index is 0.0440. The van der Waals surface area contributed by atoms with Gasteiger partial charge in [0.2, 0.25) is 0 Å². The fourth-order valence-electron chi connectivity index (χ4n) is 3.41.